The molecule has 5 heteroatoms. The van der Waals surface area contributed by atoms with Crippen molar-refractivity contribution in [2.24, 2.45) is 5.92 Å². The molecule has 5 nitrogen and oxygen atoms in total. The lowest BCUT2D eigenvalue weighted by Crippen LogP contribution is -2.56. The monoisotopic (exact) mass is 324 g/mol. The van der Waals surface area contributed by atoms with Crippen molar-refractivity contribution < 1.29 is 14.3 Å². The molecule has 3 saturated heterocycles. The molecule has 1 spiro atoms. The molecule has 0 aromatic heterocycles. The van der Waals surface area contributed by atoms with Gasteiger partial charge in [-0.25, -0.2) is 4.79 Å². The van der Waals surface area contributed by atoms with Gasteiger partial charge in [0.2, 0.25) is 0 Å². The van der Waals surface area contributed by atoms with Gasteiger partial charge in [-0.3, -0.25) is 4.90 Å². The Labute approximate surface area is 140 Å². The van der Waals surface area contributed by atoms with Gasteiger partial charge in [-0.05, 0) is 31.0 Å². The van der Waals surface area contributed by atoms with E-state index >= 15 is 0 Å². The molecule has 5 aliphatic rings. The molecule has 24 heavy (non-hydrogen) atoms. The minimum atomic E-state index is -0.190. The number of epoxide rings is 1. The topological polar surface area (TPSA) is 54.1 Å². The van der Waals surface area contributed by atoms with Crippen LogP contribution < -0.4 is 5.32 Å². The van der Waals surface area contributed by atoms with Crippen LogP contribution in [0, 0.1) is 5.92 Å². The van der Waals surface area contributed by atoms with Gasteiger partial charge in [-0.15, -0.1) is 0 Å². The molecule has 124 valence electrons. The summed E-state index contributed by atoms with van der Waals surface area (Å²) in [5.41, 5.74) is 4.32. The van der Waals surface area contributed by atoms with E-state index < -0.39 is 0 Å². The van der Waals surface area contributed by atoms with Crippen LogP contribution in [-0.2, 0) is 19.7 Å². The zero-order valence-electron chi connectivity index (χ0n) is 13.6. The number of rotatable bonds is 1. The van der Waals surface area contributed by atoms with E-state index in [4.69, 9.17) is 9.47 Å². The van der Waals surface area contributed by atoms with Crippen molar-refractivity contribution in [1.82, 2.24) is 4.90 Å². The summed E-state index contributed by atoms with van der Waals surface area (Å²) in [6.07, 6.45) is 2.50. The van der Waals surface area contributed by atoms with E-state index in [1.807, 2.05) is 0 Å². The summed E-state index contributed by atoms with van der Waals surface area (Å²) in [6, 6.07) is 8.96. The van der Waals surface area contributed by atoms with Gasteiger partial charge >= 0.3 is 5.97 Å². The molecule has 0 amide bonds. The number of carbonyl (C=O) groups excluding carboxylic acids is 1. The van der Waals surface area contributed by atoms with E-state index in [1.165, 1.54) is 12.7 Å². The molecule has 1 aliphatic carbocycles. The predicted octanol–water partition coefficient (Wildman–Crippen LogP) is 1.65. The third-order valence-corrected chi connectivity index (χ3v) is 6.84. The van der Waals surface area contributed by atoms with Crippen molar-refractivity contribution in [3.8, 4) is 0 Å². The van der Waals surface area contributed by atoms with Gasteiger partial charge in [0, 0.05) is 29.9 Å². The molecular formula is C19H20N2O3. The molecule has 0 unspecified atom stereocenters. The van der Waals surface area contributed by atoms with Crippen molar-refractivity contribution in [1.29, 1.82) is 0 Å². The molecule has 3 fully saturated rings. The number of benzene rings is 1. The molecule has 0 saturated carbocycles. The Morgan fingerprint density at radius 3 is 3.17 bits per heavy atom. The first-order chi connectivity index (χ1) is 11.7. The van der Waals surface area contributed by atoms with Gasteiger partial charge in [0.15, 0.2) is 0 Å². The summed E-state index contributed by atoms with van der Waals surface area (Å²) in [5, 5.41) is 3.59. The molecule has 5 atom stereocenters. The molecule has 4 aliphatic heterocycles. The highest BCUT2D eigenvalue weighted by Gasteiger charge is 2.68. The number of nitrogens with one attached hydrogen (secondary N) is 1. The number of para-hydroxylation sites is 1. The molecule has 1 N–H and O–H groups in total. The molecule has 1 aromatic rings. The fraction of sp³-hybridized carbons (Fsp3) is 0.526. The Balaban J connectivity index is 1.62. The number of esters is 1. The van der Waals surface area contributed by atoms with Crippen LogP contribution in [0.25, 0.3) is 0 Å². The van der Waals surface area contributed by atoms with Crippen LogP contribution in [0.1, 0.15) is 18.4 Å². The van der Waals surface area contributed by atoms with E-state index in [0.29, 0.717) is 24.2 Å². The molecule has 1 aromatic carbocycles. The summed E-state index contributed by atoms with van der Waals surface area (Å²) in [6.45, 7) is 2.11. The Bertz CT molecular complexity index is 804. The molecule has 0 bridgehead atoms. The molecule has 4 heterocycles. The number of hydrogen-bond donors (Lipinski definition) is 1. The standard InChI is InChI=1S/C19H20N2O3/c1-23-18(22)11-8-10-15-14(24-15)9-21-7-6-19(17(10)21)12-4-2-3-5-13(12)20-16(11)19/h2-5,10,14-15,17,20H,6-9H2,1H3/t10-,14-,15+,17+,19+/m1/s1. The number of anilines is 1. The summed E-state index contributed by atoms with van der Waals surface area (Å²) in [5.74, 6) is 0.196. The SMILES string of the molecule is COC(=O)C1=C2Nc3ccccc3[C@@]23CCN2C[C@H]4O[C@H]4[C@@H](C1)[C@H]23. The van der Waals surface area contributed by atoms with Crippen LogP contribution in [0.2, 0.25) is 0 Å². The number of methoxy groups -OCH3 is 1. The first kappa shape index (κ1) is 13.4. The van der Waals surface area contributed by atoms with Crippen molar-refractivity contribution in [2.75, 3.05) is 25.5 Å². The summed E-state index contributed by atoms with van der Waals surface area (Å²) >= 11 is 0. The lowest BCUT2D eigenvalue weighted by Gasteiger charge is -2.46. The number of piperidine rings is 1. The van der Waals surface area contributed by atoms with Crippen molar-refractivity contribution in [2.45, 2.75) is 36.5 Å². The third-order valence-electron chi connectivity index (χ3n) is 6.84. The lowest BCUT2D eigenvalue weighted by molar-refractivity contribution is -0.136. The van der Waals surface area contributed by atoms with Crippen LogP contribution in [0.5, 0.6) is 0 Å². The summed E-state index contributed by atoms with van der Waals surface area (Å²) < 4.78 is 11.1. The minimum Gasteiger partial charge on any atom is -0.466 e. The van der Waals surface area contributed by atoms with Gasteiger partial charge in [-0.2, -0.15) is 0 Å². The minimum absolute atomic E-state index is 0.0973. The highest BCUT2D eigenvalue weighted by atomic mass is 16.6. The highest BCUT2D eigenvalue weighted by Crippen LogP contribution is 2.62. The van der Waals surface area contributed by atoms with E-state index in [9.17, 15) is 4.79 Å². The summed E-state index contributed by atoms with van der Waals surface area (Å²) in [4.78, 5) is 15.2. The second kappa shape index (κ2) is 4.21. The third kappa shape index (κ3) is 1.38. The Morgan fingerprint density at radius 2 is 2.29 bits per heavy atom. The van der Waals surface area contributed by atoms with Gasteiger partial charge in [0.25, 0.3) is 0 Å². The maximum absolute atomic E-state index is 12.6. The molecular weight excluding hydrogens is 304 g/mol. The quantitative estimate of drug-likeness (QED) is 0.629. The summed E-state index contributed by atoms with van der Waals surface area (Å²) in [7, 11) is 1.48. The second-order valence-electron chi connectivity index (χ2n) is 7.68. The van der Waals surface area contributed by atoms with Crippen molar-refractivity contribution in [3.63, 3.8) is 0 Å². The van der Waals surface area contributed by atoms with Crippen molar-refractivity contribution >= 4 is 11.7 Å². The first-order valence-electron chi connectivity index (χ1n) is 8.82. The van der Waals surface area contributed by atoms with Gasteiger partial charge < -0.3 is 14.8 Å². The largest absolute Gasteiger partial charge is 0.466 e. The van der Waals surface area contributed by atoms with Crippen LogP contribution in [0.3, 0.4) is 0 Å². The number of nitrogens with zero attached hydrogens (tertiary/aromatic N) is 1. The first-order valence-corrected chi connectivity index (χ1v) is 8.82. The average molecular weight is 324 g/mol. The van der Waals surface area contributed by atoms with Gasteiger partial charge in [-0.1, -0.05) is 18.2 Å². The smallest absolute Gasteiger partial charge is 0.335 e. The number of ether oxygens (including phenoxy) is 2. The highest BCUT2D eigenvalue weighted by molar-refractivity contribution is 5.93. The average Bonchev–Trinajstić information content (AvgIpc) is 3.18. The number of carbonyl (C=O) groups is 1. The fourth-order valence-corrected chi connectivity index (χ4v) is 6.00. The zero-order valence-corrected chi connectivity index (χ0v) is 13.6. The van der Waals surface area contributed by atoms with Crippen LogP contribution >= 0.6 is 0 Å². The fourth-order valence-electron chi connectivity index (χ4n) is 6.00. The lowest BCUT2D eigenvalue weighted by atomic mass is 9.61. The van der Waals surface area contributed by atoms with E-state index in [1.54, 1.807) is 0 Å². The second-order valence-corrected chi connectivity index (χ2v) is 7.68. The maximum atomic E-state index is 12.6. The van der Waals surface area contributed by atoms with Crippen LogP contribution in [-0.4, -0.2) is 49.3 Å². The zero-order chi connectivity index (χ0) is 16.1. The normalized spacial score (nSPS) is 41.0. The van der Waals surface area contributed by atoms with E-state index in [0.717, 1.165) is 42.9 Å². The molecule has 6 rings (SSSR count). The number of fused-ring (bicyclic) bond motifs is 3. The Hall–Kier alpha value is -1.85. The van der Waals surface area contributed by atoms with E-state index in [2.05, 4.69) is 34.5 Å². The van der Waals surface area contributed by atoms with Crippen molar-refractivity contribution in [3.05, 3.63) is 41.1 Å². The van der Waals surface area contributed by atoms with Gasteiger partial charge in [0.1, 0.15) is 0 Å². The molecule has 0 radical (unpaired) electrons. The Morgan fingerprint density at radius 1 is 1.42 bits per heavy atom. The van der Waals surface area contributed by atoms with Gasteiger partial charge in [0.05, 0.1) is 30.3 Å². The number of hydrogen-bond acceptors (Lipinski definition) is 5. The predicted molar refractivity (Wildman–Crippen MR) is 87.5 cm³/mol. The van der Waals surface area contributed by atoms with Crippen LogP contribution in [0.15, 0.2) is 35.5 Å². The maximum Gasteiger partial charge on any atom is 0.335 e. The van der Waals surface area contributed by atoms with E-state index in [-0.39, 0.29) is 11.4 Å². The Kier molecular flexibility index (Phi) is 2.36. The van der Waals surface area contributed by atoms with Crippen LogP contribution in [0.4, 0.5) is 5.69 Å².